The predicted octanol–water partition coefficient (Wildman–Crippen LogP) is 1.02. The van der Waals surface area contributed by atoms with Crippen molar-refractivity contribution in [2.45, 2.75) is 31.8 Å². The van der Waals surface area contributed by atoms with Crippen molar-refractivity contribution in [2.75, 3.05) is 5.32 Å². The van der Waals surface area contributed by atoms with Gasteiger partial charge in [-0.2, -0.15) is 0 Å². The average molecular weight is 378 g/mol. The van der Waals surface area contributed by atoms with Crippen LogP contribution in [0, 0.1) is 0 Å². The number of imide groups is 1. The quantitative estimate of drug-likeness (QED) is 0.773. The molecule has 1 fully saturated rings. The number of hydrogen-bond donors (Lipinski definition) is 2. The standard InChI is InChI=1S/C20H18N4O4/c25-17-7-6-16(19(27)23-17)24-11-12-9-14(4-5-15(12)20(24)28)22-18(26)10-13-3-1-2-8-21-13/h1-5,8-9,16H,6-7,10-11H2,(H,22,26)(H,23,25,27). The number of aromatic nitrogens is 1. The third-order valence-electron chi connectivity index (χ3n) is 4.88. The summed E-state index contributed by atoms with van der Waals surface area (Å²) in [6.07, 6.45) is 2.32. The van der Waals surface area contributed by atoms with E-state index >= 15 is 0 Å². The third-order valence-corrected chi connectivity index (χ3v) is 4.88. The van der Waals surface area contributed by atoms with Gasteiger partial charge >= 0.3 is 0 Å². The Morgan fingerprint density at radius 1 is 1.21 bits per heavy atom. The fourth-order valence-corrected chi connectivity index (χ4v) is 3.52. The molecule has 0 saturated carbocycles. The van der Waals surface area contributed by atoms with Crippen LogP contribution in [0.15, 0.2) is 42.6 Å². The molecule has 0 radical (unpaired) electrons. The maximum absolute atomic E-state index is 12.7. The second-order valence-corrected chi connectivity index (χ2v) is 6.82. The normalized spacial score (nSPS) is 18.6. The maximum Gasteiger partial charge on any atom is 0.255 e. The Morgan fingerprint density at radius 3 is 2.82 bits per heavy atom. The second kappa shape index (κ2) is 7.22. The molecule has 0 spiro atoms. The van der Waals surface area contributed by atoms with Gasteiger partial charge in [0.25, 0.3) is 5.91 Å². The van der Waals surface area contributed by atoms with Crippen molar-refractivity contribution >= 4 is 29.3 Å². The van der Waals surface area contributed by atoms with Crippen LogP contribution in [0.1, 0.15) is 34.5 Å². The first-order valence-electron chi connectivity index (χ1n) is 8.98. The van der Waals surface area contributed by atoms with Gasteiger partial charge in [-0.1, -0.05) is 6.07 Å². The van der Waals surface area contributed by atoms with Gasteiger partial charge in [0.15, 0.2) is 0 Å². The molecule has 8 heteroatoms. The van der Waals surface area contributed by atoms with Gasteiger partial charge in [-0.3, -0.25) is 29.5 Å². The lowest BCUT2D eigenvalue weighted by atomic mass is 10.0. The van der Waals surface area contributed by atoms with E-state index in [1.54, 1.807) is 36.5 Å². The zero-order valence-electron chi connectivity index (χ0n) is 15.0. The summed E-state index contributed by atoms with van der Waals surface area (Å²) in [5, 5.41) is 5.09. The highest BCUT2D eigenvalue weighted by atomic mass is 16.2. The number of nitrogens with one attached hydrogen (secondary N) is 2. The smallest absolute Gasteiger partial charge is 0.255 e. The number of hydrogen-bond acceptors (Lipinski definition) is 5. The largest absolute Gasteiger partial charge is 0.326 e. The molecule has 0 aliphatic carbocycles. The van der Waals surface area contributed by atoms with Gasteiger partial charge in [0.2, 0.25) is 17.7 Å². The van der Waals surface area contributed by atoms with E-state index in [2.05, 4.69) is 15.6 Å². The highest BCUT2D eigenvalue weighted by Crippen LogP contribution is 2.29. The predicted molar refractivity (Wildman–Crippen MR) is 99.1 cm³/mol. The zero-order valence-corrected chi connectivity index (χ0v) is 15.0. The number of rotatable bonds is 4. The number of anilines is 1. The highest BCUT2D eigenvalue weighted by molar-refractivity contribution is 6.05. The van der Waals surface area contributed by atoms with Crippen LogP contribution in [0.25, 0.3) is 0 Å². The van der Waals surface area contributed by atoms with Crippen LogP contribution in [-0.2, 0) is 27.3 Å². The second-order valence-electron chi connectivity index (χ2n) is 6.82. The number of pyridine rings is 1. The lowest BCUT2D eigenvalue weighted by Gasteiger charge is -2.29. The van der Waals surface area contributed by atoms with Crippen LogP contribution in [0.3, 0.4) is 0 Å². The van der Waals surface area contributed by atoms with E-state index in [9.17, 15) is 19.2 Å². The van der Waals surface area contributed by atoms with Gasteiger partial charge in [0.1, 0.15) is 6.04 Å². The number of carbonyl (C=O) groups excluding carboxylic acids is 4. The minimum absolute atomic E-state index is 0.152. The first-order valence-corrected chi connectivity index (χ1v) is 8.98. The highest BCUT2D eigenvalue weighted by Gasteiger charge is 2.39. The Balaban J connectivity index is 1.45. The van der Waals surface area contributed by atoms with Crippen LogP contribution in [-0.4, -0.2) is 39.6 Å². The Kier molecular flexibility index (Phi) is 4.60. The Bertz CT molecular complexity index is 973. The van der Waals surface area contributed by atoms with Crippen molar-refractivity contribution in [3.8, 4) is 0 Å². The minimum atomic E-state index is -0.653. The summed E-state index contributed by atoms with van der Waals surface area (Å²) in [5.74, 6) is -1.20. The van der Waals surface area contributed by atoms with E-state index in [0.717, 1.165) is 5.56 Å². The number of nitrogens with zero attached hydrogens (tertiary/aromatic N) is 2. The van der Waals surface area contributed by atoms with E-state index < -0.39 is 11.9 Å². The summed E-state index contributed by atoms with van der Waals surface area (Å²) >= 11 is 0. The molecule has 1 atom stereocenters. The number of fused-ring (bicyclic) bond motifs is 1. The lowest BCUT2D eigenvalue weighted by molar-refractivity contribution is -0.137. The van der Waals surface area contributed by atoms with E-state index in [0.29, 0.717) is 23.4 Å². The van der Waals surface area contributed by atoms with Gasteiger partial charge in [-0.25, -0.2) is 0 Å². The molecule has 28 heavy (non-hydrogen) atoms. The molecule has 1 saturated heterocycles. The number of piperidine rings is 1. The molecule has 0 bridgehead atoms. The van der Waals surface area contributed by atoms with E-state index in [1.165, 1.54) is 4.90 Å². The molecule has 2 aliphatic heterocycles. The van der Waals surface area contributed by atoms with E-state index in [-0.39, 0.29) is 37.1 Å². The van der Waals surface area contributed by atoms with Crippen LogP contribution in [0.5, 0.6) is 0 Å². The van der Waals surface area contributed by atoms with Crippen LogP contribution in [0.2, 0.25) is 0 Å². The molecule has 1 aromatic carbocycles. The summed E-state index contributed by atoms with van der Waals surface area (Å²) < 4.78 is 0. The fourth-order valence-electron chi connectivity index (χ4n) is 3.52. The van der Waals surface area contributed by atoms with Crippen molar-refractivity contribution < 1.29 is 19.2 Å². The summed E-state index contributed by atoms with van der Waals surface area (Å²) in [7, 11) is 0. The fraction of sp³-hybridized carbons (Fsp3) is 0.250. The number of benzene rings is 1. The number of carbonyl (C=O) groups is 4. The molecule has 3 heterocycles. The first kappa shape index (κ1) is 17.8. The van der Waals surface area contributed by atoms with Gasteiger partial charge < -0.3 is 10.2 Å². The van der Waals surface area contributed by atoms with E-state index in [4.69, 9.17) is 0 Å². The van der Waals surface area contributed by atoms with E-state index in [1.807, 2.05) is 6.07 Å². The van der Waals surface area contributed by atoms with Crippen molar-refractivity contribution in [1.82, 2.24) is 15.2 Å². The van der Waals surface area contributed by atoms with Gasteiger partial charge in [0, 0.05) is 36.1 Å². The van der Waals surface area contributed by atoms with Crippen LogP contribution < -0.4 is 10.6 Å². The summed E-state index contributed by atoms with van der Waals surface area (Å²) in [5.41, 5.74) is 2.50. The maximum atomic E-state index is 12.7. The molecule has 4 amide bonds. The topological polar surface area (TPSA) is 108 Å². The minimum Gasteiger partial charge on any atom is -0.326 e. The van der Waals surface area contributed by atoms with Crippen LogP contribution in [0.4, 0.5) is 5.69 Å². The molecule has 1 aromatic heterocycles. The molecule has 142 valence electrons. The summed E-state index contributed by atoms with van der Waals surface area (Å²) in [4.78, 5) is 53.9. The summed E-state index contributed by atoms with van der Waals surface area (Å²) in [6, 6.07) is 9.79. The zero-order chi connectivity index (χ0) is 19.7. The molecule has 8 nitrogen and oxygen atoms in total. The SMILES string of the molecule is O=C1CCC(N2Cc3cc(NC(=O)Cc4ccccn4)ccc3C2=O)C(=O)N1. The first-order chi connectivity index (χ1) is 13.5. The Labute approximate surface area is 160 Å². The van der Waals surface area contributed by atoms with Gasteiger partial charge in [-0.05, 0) is 42.3 Å². The average Bonchev–Trinajstić information content (AvgIpc) is 2.98. The molecular formula is C20H18N4O4. The Morgan fingerprint density at radius 2 is 2.07 bits per heavy atom. The molecule has 2 N–H and O–H groups in total. The molecule has 2 aromatic rings. The number of amides is 4. The van der Waals surface area contributed by atoms with Gasteiger partial charge in [-0.15, -0.1) is 0 Å². The molecule has 4 rings (SSSR count). The van der Waals surface area contributed by atoms with Crippen molar-refractivity contribution in [2.24, 2.45) is 0 Å². The monoisotopic (exact) mass is 378 g/mol. The lowest BCUT2D eigenvalue weighted by Crippen LogP contribution is -2.52. The van der Waals surface area contributed by atoms with Crippen molar-refractivity contribution in [1.29, 1.82) is 0 Å². The van der Waals surface area contributed by atoms with Crippen molar-refractivity contribution in [3.05, 3.63) is 59.4 Å². The summed E-state index contributed by atoms with van der Waals surface area (Å²) in [6.45, 7) is 0.268. The van der Waals surface area contributed by atoms with Gasteiger partial charge in [0.05, 0.1) is 6.42 Å². The Hall–Kier alpha value is -3.55. The van der Waals surface area contributed by atoms with Crippen molar-refractivity contribution in [3.63, 3.8) is 0 Å². The third kappa shape index (κ3) is 3.48. The van der Waals surface area contributed by atoms with Crippen LogP contribution >= 0.6 is 0 Å². The molecule has 2 aliphatic rings. The molecule has 1 unspecified atom stereocenters. The molecular weight excluding hydrogens is 360 g/mol.